The molecule has 5 heteroatoms. The van der Waals surface area contributed by atoms with Gasteiger partial charge in [-0.3, -0.25) is 9.78 Å². The number of fused-ring (bicyclic) bond motifs is 1. The Hall–Kier alpha value is -0.940. The molecule has 1 aromatic heterocycles. The number of aromatic nitrogens is 1. The van der Waals surface area contributed by atoms with E-state index in [0.29, 0.717) is 0 Å². The first kappa shape index (κ1) is 11.5. The number of hydrogen-bond acceptors (Lipinski definition) is 3. The zero-order valence-electron chi connectivity index (χ0n) is 8.90. The Morgan fingerprint density at radius 2 is 2.44 bits per heavy atom. The molecule has 2 unspecified atom stereocenters. The van der Waals surface area contributed by atoms with E-state index < -0.39 is 6.10 Å². The van der Waals surface area contributed by atoms with Crippen LogP contribution < -0.4 is 5.32 Å². The van der Waals surface area contributed by atoms with Gasteiger partial charge < -0.3 is 10.4 Å². The molecular weight excluding hydrogens is 272 g/mol. The fourth-order valence-electron chi connectivity index (χ4n) is 1.93. The summed E-state index contributed by atoms with van der Waals surface area (Å²) in [4.78, 5) is 15.5. The monoisotopic (exact) mass is 284 g/mol. The fraction of sp³-hybridized carbons (Fsp3) is 0.455. The second-order valence-corrected chi connectivity index (χ2v) is 4.82. The molecular formula is C11H13BrN2O2. The molecule has 0 fully saturated rings. The van der Waals surface area contributed by atoms with E-state index in [0.717, 1.165) is 22.9 Å². The van der Waals surface area contributed by atoms with E-state index in [2.05, 4.69) is 26.2 Å². The molecule has 2 atom stereocenters. The number of nitrogens with zero attached hydrogens (tertiary/aromatic N) is 1. The SMILES string of the molecule is CC(O)C(=O)NC1CCc2c(Br)cncc21. The molecule has 1 aromatic rings. The molecule has 0 saturated heterocycles. The Morgan fingerprint density at radius 3 is 3.12 bits per heavy atom. The van der Waals surface area contributed by atoms with Gasteiger partial charge in [0, 0.05) is 16.9 Å². The van der Waals surface area contributed by atoms with Crippen LogP contribution >= 0.6 is 15.9 Å². The van der Waals surface area contributed by atoms with Crippen LogP contribution in [0.4, 0.5) is 0 Å². The summed E-state index contributed by atoms with van der Waals surface area (Å²) in [6.45, 7) is 1.46. The molecule has 2 rings (SSSR count). The van der Waals surface area contributed by atoms with E-state index in [1.807, 2.05) is 0 Å². The van der Waals surface area contributed by atoms with Gasteiger partial charge in [0.2, 0.25) is 5.91 Å². The van der Waals surface area contributed by atoms with Crippen LogP contribution in [0.5, 0.6) is 0 Å². The molecule has 1 aliphatic carbocycles. The summed E-state index contributed by atoms with van der Waals surface area (Å²) in [7, 11) is 0. The minimum absolute atomic E-state index is 0.0258. The maximum Gasteiger partial charge on any atom is 0.249 e. The van der Waals surface area contributed by atoms with Gasteiger partial charge in [-0.05, 0) is 46.8 Å². The molecule has 1 amide bonds. The first-order valence-corrected chi connectivity index (χ1v) is 5.99. The van der Waals surface area contributed by atoms with Crippen molar-refractivity contribution in [3.05, 3.63) is 28.0 Å². The van der Waals surface area contributed by atoms with Crippen molar-refractivity contribution in [1.29, 1.82) is 0 Å². The van der Waals surface area contributed by atoms with E-state index in [1.54, 1.807) is 12.4 Å². The number of carbonyl (C=O) groups is 1. The van der Waals surface area contributed by atoms with Crippen molar-refractivity contribution >= 4 is 21.8 Å². The molecule has 0 radical (unpaired) electrons. The number of pyridine rings is 1. The molecule has 86 valence electrons. The van der Waals surface area contributed by atoms with E-state index in [9.17, 15) is 4.79 Å². The highest BCUT2D eigenvalue weighted by atomic mass is 79.9. The lowest BCUT2D eigenvalue weighted by atomic mass is 10.1. The van der Waals surface area contributed by atoms with Crippen molar-refractivity contribution < 1.29 is 9.90 Å². The second-order valence-electron chi connectivity index (χ2n) is 3.96. The van der Waals surface area contributed by atoms with Crippen LogP contribution in [0.25, 0.3) is 0 Å². The van der Waals surface area contributed by atoms with Crippen LogP contribution in [0.1, 0.15) is 30.5 Å². The molecule has 0 aliphatic heterocycles. The van der Waals surface area contributed by atoms with Crippen molar-refractivity contribution in [2.24, 2.45) is 0 Å². The maximum atomic E-state index is 11.4. The normalized spacial score (nSPS) is 20.3. The number of hydrogen-bond donors (Lipinski definition) is 2. The molecule has 1 heterocycles. The molecule has 0 spiro atoms. The Bertz CT molecular complexity index is 420. The highest BCUT2D eigenvalue weighted by molar-refractivity contribution is 9.10. The topological polar surface area (TPSA) is 62.2 Å². The summed E-state index contributed by atoms with van der Waals surface area (Å²) < 4.78 is 0.985. The number of halogens is 1. The fourth-order valence-corrected chi connectivity index (χ4v) is 2.47. The van der Waals surface area contributed by atoms with E-state index in [1.165, 1.54) is 12.5 Å². The van der Waals surface area contributed by atoms with Gasteiger partial charge in [-0.15, -0.1) is 0 Å². The number of carbonyl (C=O) groups excluding carboxylic acids is 1. The maximum absolute atomic E-state index is 11.4. The van der Waals surface area contributed by atoms with E-state index in [4.69, 9.17) is 5.11 Å². The summed E-state index contributed by atoms with van der Waals surface area (Å²) in [5.41, 5.74) is 2.24. The number of amides is 1. The van der Waals surface area contributed by atoms with Gasteiger partial charge in [0.1, 0.15) is 6.10 Å². The van der Waals surface area contributed by atoms with Crippen molar-refractivity contribution in [2.45, 2.75) is 31.9 Å². The molecule has 1 aliphatic rings. The van der Waals surface area contributed by atoms with Gasteiger partial charge in [0.25, 0.3) is 0 Å². The minimum Gasteiger partial charge on any atom is -0.384 e. The molecule has 2 N–H and O–H groups in total. The smallest absolute Gasteiger partial charge is 0.249 e. The van der Waals surface area contributed by atoms with Crippen molar-refractivity contribution in [3.63, 3.8) is 0 Å². The van der Waals surface area contributed by atoms with E-state index >= 15 is 0 Å². The predicted octanol–water partition coefficient (Wildman–Crippen LogP) is 1.33. The third-order valence-electron chi connectivity index (χ3n) is 2.79. The Balaban J connectivity index is 2.18. The van der Waals surface area contributed by atoms with E-state index in [-0.39, 0.29) is 11.9 Å². The predicted molar refractivity (Wildman–Crippen MR) is 62.8 cm³/mol. The standard InChI is InChI=1S/C11H13BrN2O2/c1-6(15)11(16)14-10-3-2-7-8(10)4-13-5-9(7)12/h4-6,10,15H,2-3H2,1H3,(H,14,16). The van der Waals surface area contributed by atoms with Crippen LogP contribution in [0.2, 0.25) is 0 Å². The zero-order chi connectivity index (χ0) is 11.7. The average Bonchev–Trinajstić information content (AvgIpc) is 2.63. The average molecular weight is 285 g/mol. The van der Waals surface area contributed by atoms with Crippen LogP contribution in [-0.4, -0.2) is 22.1 Å². The number of nitrogens with one attached hydrogen (secondary N) is 1. The third-order valence-corrected chi connectivity index (χ3v) is 3.48. The Labute approximate surface area is 102 Å². The van der Waals surface area contributed by atoms with Crippen LogP contribution in [0.3, 0.4) is 0 Å². The zero-order valence-corrected chi connectivity index (χ0v) is 10.5. The summed E-state index contributed by atoms with van der Waals surface area (Å²) in [5, 5.41) is 12.0. The lowest BCUT2D eigenvalue weighted by Gasteiger charge is -2.15. The van der Waals surface area contributed by atoms with Gasteiger partial charge in [-0.2, -0.15) is 0 Å². The van der Waals surface area contributed by atoms with Gasteiger partial charge in [0.05, 0.1) is 6.04 Å². The lowest BCUT2D eigenvalue weighted by Crippen LogP contribution is -2.34. The lowest BCUT2D eigenvalue weighted by molar-refractivity contribution is -0.129. The van der Waals surface area contributed by atoms with Crippen LogP contribution in [0.15, 0.2) is 16.9 Å². The summed E-state index contributed by atoms with van der Waals surface area (Å²) in [6, 6.07) is -0.0258. The number of aliphatic hydroxyl groups is 1. The number of aliphatic hydroxyl groups excluding tert-OH is 1. The highest BCUT2D eigenvalue weighted by Gasteiger charge is 2.26. The largest absolute Gasteiger partial charge is 0.384 e. The summed E-state index contributed by atoms with van der Waals surface area (Å²) >= 11 is 3.45. The third kappa shape index (κ3) is 2.10. The molecule has 0 bridgehead atoms. The first-order valence-electron chi connectivity index (χ1n) is 5.20. The van der Waals surface area contributed by atoms with Gasteiger partial charge in [-0.1, -0.05) is 0 Å². The van der Waals surface area contributed by atoms with Crippen molar-refractivity contribution in [2.75, 3.05) is 0 Å². The Morgan fingerprint density at radius 1 is 1.69 bits per heavy atom. The minimum atomic E-state index is -0.968. The summed E-state index contributed by atoms with van der Waals surface area (Å²) in [5.74, 6) is -0.335. The summed E-state index contributed by atoms with van der Waals surface area (Å²) in [6.07, 6.45) is 4.35. The first-order chi connectivity index (χ1) is 7.59. The van der Waals surface area contributed by atoms with Gasteiger partial charge in [0.15, 0.2) is 0 Å². The number of rotatable bonds is 2. The molecule has 16 heavy (non-hydrogen) atoms. The molecule has 0 saturated carbocycles. The van der Waals surface area contributed by atoms with Gasteiger partial charge >= 0.3 is 0 Å². The van der Waals surface area contributed by atoms with Crippen LogP contribution in [0, 0.1) is 0 Å². The second kappa shape index (κ2) is 4.51. The quantitative estimate of drug-likeness (QED) is 0.861. The molecule has 0 aromatic carbocycles. The Kier molecular flexibility index (Phi) is 3.25. The van der Waals surface area contributed by atoms with Crippen molar-refractivity contribution in [3.8, 4) is 0 Å². The van der Waals surface area contributed by atoms with Gasteiger partial charge in [-0.25, -0.2) is 0 Å². The van der Waals surface area contributed by atoms with Crippen molar-refractivity contribution in [1.82, 2.24) is 10.3 Å². The van der Waals surface area contributed by atoms with Crippen LogP contribution in [-0.2, 0) is 11.2 Å². The molecule has 4 nitrogen and oxygen atoms in total. The highest BCUT2D eigenvalue weighted by Crippen LogP contribution is 2.34.